The third-order valence-corrected chi connectivity index (χ3v) is 3.54. The lowest BCUT2D eigenvalue weighted by molar-refractivity contribution is 0.284. The Morgan fingerprint density at radius 3 is 2.80 bits per heavy atom. The maximum Gasteiger partial charge on any atom is 0.103 e. The van der Waals surface area contributed by atoms with Gasteiger partial charge in [0.15, 0.2) is 0 Å². The molecule has 0 aliphatic rings. The molecule has 0 saturated heterocycles. The predicted molar refractivity (Wildman–Crippen MR) is 82.7 cm³/mol. The van der Waals surface area contributed by atoms with Crippen molar-refractivity contribution in [2.45, 2.75) is 19.9 Å². The van der Waals surface area contributed by atoms with Crippen molar-refractivity contribution in [2.24, 2.45) is 0 Å². The van der Waals surface area contributed by atoms with Gasteiger partial charge in [-0.25, -0.2) is 0 Å². The first kappa shape index (κ1) is 14.3. The number of fused-ring (bicyclic) bond motifs is 1. The summed E-state index contributed by atoms with van der Waals surface area (Å²) >= 11 is 0. The van der Waals surface area contributed by atoms with E-state index in [0.29, 0.717) is 11.6 Å². The molecule has 1 aromatic carbocycles. The van der Waals surface area contributed by atoms with Gasteiger partial charge in [0.2, 0.25) is 0 Å². The van der Waals surface area contributed by atoms with E-state index < -0.39 is 0 Å². The molecule has 0 atom stereocenters. The molecule has 1 N–H and O–H groups in total. The van der Waals surface area contributed by atoms with Gasteiger partial charge in [-0.2, -0.15) is 5.26 Å². The van der Waals surface area contributed by atoms with Crippen LogP contribution in [0.2, 0.25) is 0 Å². The van der Waals surface area contributed by atoms with Crippen LogP contribution in [-0.2, 0) is 0 Å². The van der Waals surface area contributed by atoms with Gasteiger partial charge in [0, 0.05) is 30.7 Å². The standard InChI is InChI=1S/C16H20N4/c1-12(2)20(3)9-8-18-16-13(10-17)11-19-15-7-5-4-6-14(15)16/h4-7,11-12H,8-9H2,1-3H3,(H,18,19). The van der Waals surface area contributed by atoms with Gasteiger partial charge in [-0.1, -0.05) is 18.2 Å². The van der Waals surface area contributed by atoms with Gasteiger partial charge < -0.3 is 10.2 Å². The molecule has 0 aliphatic heterocycles. The molecule has 4 nitrogen and oxygen atoms in total. The van der Waals surface area contributed by atoms with E-state index in [-0.39, 0.29) is 0 Å². The summed E-state index contributed by atoms with van der Waals surface area (Å²) in [6.45, 7) is 6.07. The summed E-state index contributed by atoms with van der Waals surface area (Å²) in [7, 11) is 2.10. The van der Waals surface area contributed by atoms with Crippen LogP contribution in [0.3, 0.4) is 0 Å². The Kier molecular flexibility index (Phi) is 4.54. The zero-order valence-electron chi connectivity index (χ0n) is 12.2. The van der Waals surface area contributed by atoms with E-state index in [1.807, 2.05) is 24.3 Å². The van der Waals surface area contributed by atoms with Crippen molar-refractivity contribution in [1.82, 2.24) is 9.88 Å². The van der Waals surface area contributed by atoms with Crippen molar-refractivity contribution in [1.29, 1.82) is 5.26 Å². The van der Waals surface area contributed by atoms with Gasteiger partial charge in [0.1, 0.15) is 6.07 Å². The molecular formula is C16H20N4. The van der Waals surface area contributed by atoms with E-state index in [1.54, 1.807) is 6.20 Å². The fourth-order valence-electron chi connectivity index (χ4n) is 2.03. The van der Waals surface area contributed by atoms with E-state index in [0.717, 1.165) is 29.7 Å². The summed E-state index contributed by atoms with van der Waals surface area (Å²) in [5.74, 6) is 0. The molecule has 4 heteroatoms. The molecule has 2 aromatic rings. The summed E-state index contributed by atoms with van der Waals surface area (Å²) in [4.78, 5) is 6.58. The van der Waals surface area contributed by atoms with Gasteiger partial charge in [0.05, 0.1) is 16.8 Å². The highest BCUT2D eigenvalue weighted by Gasteiger charge is 2.09. The topological polar surface area (TPSA) is 52.0 Å². The number of nitrogens with zero attached hydrogens (tertiary/aromatic N) is 3. The van der Waals surface area contributed by atoms with E-state index in [1.165, 1.54) is 0 Å². The van der Waals surface area contributed by atoms with Crippen molar-refractivity contribution >= 4 is 16.6 Å². The third-order valence-electron chi connectivity index (χ3n) is 3.54. The Labute approximate surface area is 120 Å². The average molecular weight is 268 g/mol. The second-order valence-corrected chi connectivity index (χ2v) is 5.18. The summed E-state index contributed by atoms with van der Waals surface area (Å²) in [6, 6.07) is 10.6. The minimum absolute atomic E-state index is 0.515. The molecule has 1 aromatic heterocycles. The first-order chi connectivity index (χ1) is 9.63. The SMILES string of the molecule is CC(C)N(C)CCNc1c(C#N)cnc2ccccc12. The molecule has 104 valence electrons. The Bertz CT molecular complexity index is 628. The van der Waals surface area contributed by atoms with Crippen LogP contribution in [0.1, 0.15) is 19.4 Å². The molecule has 1 heterocycles. The van der Waals surface area contributed by atoms with Crippen molar-refractivity contribution in [3.05, 3.63) is 36.0 Å². The largest absolute Gasteiger partial charge is 0.382 e. The fourth-order valence-corrected chi connectivity index (χ4v) is 2.03. The zero-order valence-corrected chi connectivity index (χ0v) is 12.2. The minimum Gasteiger partial charge on any atom is -0.382 e. The molecular weight excluding hydrogens is 248 g/mol. The van der Waals surface area contributed by atoms with Crippen LogP contribution in [-0.4, -0.2) is 36.1 Å². The van der Waals surface area contributed by atoms with Gasteiger partial charge >= 0.3 is 0 Å². The number of likely N-dealkylation sites (N-methyl/N-ethyl adjacent to an activating group) is 1. The maximum atomic E-state index is 9.23. The lowest BCUT2D eigenvalue weighted by Crippen LogP contribution is -2.31. The second-order valence-electron chi connectivity index (χ2n) is 5.18. The molecule has 20 heavy (non-hydrogen) atoms. The normalized spacial score (nSPS) is 11.0. The molecule has 0 bridgehead atoms. The molecule has 0 fully saturated rings. The summed E-state index contributed by atoms with van der Waals surface area (Å²) in [5, 5.41) is 13.6. The molecule has 0 radical (unpaired) electrons. The van der Waals surface area contributed by atoms with Crippen LogP contribution in [0.5, 0.6) is 0 Å². The van der Waals surface area contributed by atoms with Crippen molar-refractivity contribution < 1.29 is 0 Å². The number of aromatic nitrogens is 1. The number of nitrogens with one attached hydrogen (secondary N) is 1. The van der Waals surface area contributed by atoms with Crippen LogP contribution in [0.15, 0.2) is 30.5 Å². The minimum atomic E-state index is 0.515. The van der Waals surface area contributed by atoms with Crippen LogP contribution >= 0.6 is 0 Å². The van der Waals surface area contributed by atoms with Crippen molar-refractivity contribution in [3.8, 4) is 6.07 Å². The van der Waals surface area contributed by atoms with Crippen LogP contribution in [0, 0.1) is 11.3 Å². The molecule has 0 saturated carbocycles. The first-order valence-corrected chi connectivity index (χ1v) is 6.85. The molecule has 0 amide bonds. The maximum absolute atomic E-state index is 9.23. The van der Waals surface area contributed by atoms with E-state index >= 15 is 0 Å². The highest BCUT2D eigenvalue weighted by molar-refractivity contribution is 5.93. The number of benzene rings is 1. The third kappa shape index (κ3) is 3.06. The van der Waals surface area contributed by atoms with Crippen molar-refractivity contribution in [3.63, 3.8) is 0 Å². The van der Waals surface area contributed by atoms with Crippen LogP contribution in [0.4, 0.5) is 5.69 Å². The molecule has 0 spiro atoms. The molecule has 2 rings (SSSR count). The number of anilines is 1. The lowest BCUT2D eigenvalue weighted by atomic mass is 10.1. The fraction of sp³-hybridized carbons (Fsp3) is 0.375. The van der Waals surface area contributed by atoms with Crippen LogP contribution < -0.4 is 5.32 Å². The summed E-state index contributed by atoms with van der Waals surface area (Å²) < 4.78 is 0. The Morgan fingerprint density at radius 2 is 2.10 bits per heavy atom. The van der Waals surface area contributed by atoms with Gasteiger partial charge in [0.25, 0.3) is 0 Å². The number of pyridine rings is 1. The lowest BCUT2D eigenvalue weighted by Gasteiger charge is -2.21. The Balaban J connectivity index is 2.22. The predicted octanol–water partition coefficient (Wildman–Crippen LogP) is 2.86. The summed E-state index contributed by atoms with van der Waals surface area (Å²) in [6.07, 6.45) is 1.64. The number of hydrogen-bond donors (Lipinski definition) is 1. The van der Waals surface area contributed by atoms with Gasteiger partial charge in [-0.15, -0.1) is 0 Å². The number of nitriles is 1. The number of rotatable bonds is 5. The van der Waals surface area contributed by atoms with Crippen molar-refractivity contribution in [2.75, 3.05) is 25.5 Å². The van der Waals surface area contributed by atoms with E-state index in [2.05, 4.69) is 42.2 Å². The molecule has 0 unspecified atom stereocenters. The average Bonchev–Trinajstić information content (AvgIpc) is 2.47. The Hall–Kier alpha value is -2.12. The number of hydrogen-bond acceptors (Lipinski definition) is 4. The second kappa shape index (κ2) is 6.36. The zero-order chi connectivity index (χ0) is 14.5. The smallest absolute Gasteiger partial charge is 0.103 e. The van der Waals surface area contributed by atoms with E-state index in [4.69, 9.17) is 0 Å². The summed E-state index contributed by atoms with van der Waals surface area (Å²) in [5.41, 5.74) is 2.39. The number of para-hydroxylation sites is 1. The van der Waals surface area contributed by atoms with E-state index in [9.17, 15) is 5.26 Å². The highest BCUT2D eigenvalue weighted by atomic mass is 15.1. The monoisotopic (exact) mass is 268 g/mol. The molecule has 0 aliphatic carbocycles. The highest BCUT2D eigenvalue weighted by Crippen LogP contribution is 2.24. The first-order valence-electron chi connectivity index (χ1n) is 6.85. The van der Waals surface area contributed by atoms with Gasteiger partial charge in [-0.3, -0.25) is 4.98 Å². The van der Waals surface area contributed by atoms with Crippen LogP contribution in [0.25, 0.3) is 10.9 Å². The van der Waals surface area contributed by atoms with Gasteiger partial charge in [-0.05, 0) is 27.0 Å². The Morgan fingerprint density at radius 1 is 1.35 bits per heavy atom. The quantitative estimate of drug-likeness (QED) is 0.906.